The monoisotopic (exact) mass is 300 g/mol. The number of carbonyl (C=O) groups is 1. The molecule has 3 rings (SSSR count). The molecule has 3 aromatic rings. The summed E-state index contributed by atoms with van der Waals surface area (Å²) in [5.74, 6) is -1.37. The van der Waals surface area contributed by atoms with Gasteiger partial charge in [-0.3, -0.25) is 14.9 Å². The van der Waals surface area contributed by atoms with Crippen LogP contribution in [0.1, 0.15) is 10.4 Å². The molecule has 2 N–H and O–H groups in total. The molecule has 0 bridgehead atoms. The summed E-state index contributed by atoms with van der Waals surface area (Å²) >= 11 is 0. The van der Waals surface area contributed by atoms with Crippen molar-refractivity contribution in [1.29, 1.82) is 0 Å². The van der Waals surface area contributed by atoms with E-state index in [2.05, 4.69) is 5.10 Å². The largest absolute Gasteiger partial charge is 0.366 e. The number of primary amides is 1. The Morgan fingerprint density at radius 2 is 1.95 bits per heavy atom. The van der Waals surface area contributed by atoms with E-state index in [0.717, 1.165) is 6.07 Å². The zero-order chi connectivity index (χ0) is 15.9. The van der Waals surface area contributed by atoms with E-state index in [4.69, 9.17) is 5.73 Å². The van der Waals surface area contributed by atoms with Crippen molar-refractivity contribution in [2.24, 2.45) is 5.73 Å². The lowest BCUT2D eigenvalue weighted by atomic mass is 10.1. The van der Waals surface area contributed by atoms with Gasteiger partial charge in [0.15, 0.2) is 0 Å². The standard InChI is InChI=1S/C14H9FN4O3/c15-9-5-8-7-18(17-13(8)12(6-9)14(16)20)10-1-3-11(4-2-10)19(21)22/h1-7H,(H2,16,20). The van der Waals surface area contributed by atoms with Crippen molar-refractivity contribution in [3.63, 3.8) is 0 Å². The van der Waals surface area contributed by atoms with Gasteiger partial charge in [0.05, 0.1) is 16.2 Å². The molecule has 0 aliphatic rings. The van der Waals surface area contributed by atoms with Crippen molar-refractivity contribution in [3.05, 3.63) is 64.1 Å². The van der Waals surface area contributed by atoms with E-state index in [9.17, 15) is 19.3 Å². The molecule has 1 aromatic heterocycles. The summed E-state index contributed by atoms with van der Waals surface area (Å²) in [6.07, 6.45) is 1.52. The highest BCUT2D eigenvalue weighted by atomic mass is 19.1. The number of nitro benzene ring substituents is 1. The number of rotatable bonds is 3. The zero-order valence-electron chi connectivity index (χ0n) is 11.1. The molecule has 110 valence electrons. The van der Waals surface area contributed by atoms with E-state index in [1.165, 1.54) is 41.2 Å². The minimum absolute atomic E-state index is 0.0179. The van der Waals surface area contributed by atoms with E-state index in [1.54, 1.807) is 0 Å². The molecular weight excluding hydrogens is 291 g/mol. The van der Waals surface area contributed by atoms with E-state index >= 15 is 0 Å². The molecule has 0 radical (unpaired) electrons. The second-order valence-electron chi connectivity index (χ2n) is 4.60. The second-order valence-corrected chi connectivity index (χ2v) is 4.60. The molecule has 0 fully saturated rings. The van der Waals surface area contributed by atoms with Crippen molar-refractivity contribution >= 4 is 22.5 Å². The van der Waals surface area contributed by atoms with Crippen LogP contribution in [-0.2, 0) is 0 Å². The number of halogens is 1. The molecule has 8 heteroatoms. The number of nitrogens with two attached hydrogens (primary N) is 1. The number of benzene rings is 2. The molecule has 0 atom stereocenters. The maximum Gasteiger partial charge on any atom is 0.269 e. The van der Waals surface area contributed by atoms with Crippen LogP contribution in [0.5, 0.6) is 0 Å². The summed E-state index contributed by atoms with van der Waals surface area (Å²) in [5.41, 5.74) is 5.96. The molecule has 0 saturated heterocycles. The van der Waals surface area contributed by atoms with E-state index in [-0.39, 0.29) is 16.8 Å². The van der Waals surface area contributed by atoms with Crippen molar-refractivity contribution in [3.8, 4) is 5.69 Å². The molecule has 7 nitrogen and oxygen atoms in total. The lowest BCUT2D eigenvalue weighted by Gasteiger charge is -2.00. The second kappa shape index (κ2) is 4.92. The highest BCUT2D eigenvalue weighted by molar-refractivity contribution is 6.04. The number of amides is 1. The first-order valence-electron chi connectivity index (χ1n) is 6.19. The van der Waals surface area contributed by atoms with Crippen LogP contribution in [0.15, 0.2) is 42.6 Å². The molecule has 0 aliphatic heterocycles. The van der Waals surface area contributed by atoms with Gasteiger partial charge in [-0.05, 0) is 24.3 Å². The van der Waals surface area contributed by atoms with Crippen LogP contribution < -0.4 is 5.73 Å². The van der Waals surface area contributed by atoms with Gasteiger partial charge in [-0.25, -0.2) is 9.07 Å². The number of carbonyl (C=O) groups excluding carboxylic acids is 1. The van der Waals surface area contributed by atoms with E-state index < -0.39 is 16.6 Å². The summed E-state index contributed by atoms with van der Waals surface area (Å²) in [4.78, 5) is 21.5. The van der Waals surface area contributed by atoms with Crippen LogP contribution >= 0.6 is 0 Å². The fraction of sp³-hybridized carbons (Fsp3) is 0. The highest BCUT2D eigenvalue weighted by Crippen LogP contribution is 2.22. The molecule has 1 heterocycles. The lowest BCUT2D eigenvalue weighted by Crippen LogP contribution is -2.12. The number of hydrogen-bond donors (Lipinski definition) is 1. The Balaban J connectivity index is 2.14. The smallest absolute Gasteiger partial charge is 0.269 e. The molecule has 0 unspecified atom stereocenters. The third-order valence-corrected chi connectivity index (χ3v) is 3.16. The van der Waals surface area contributed by atoms with Crippen molar-refractivity contribution in [2.45, 2.75) is 0 Å². The van der Waals surface area contributed by atoms with E-state index in [1.807, 2.05) is 0 Å². The number of nitrogens with zero attached hydrogens (tertiary/aromatic N) is 3. The van der Waals surface area contributed by atoms with Gasteiger partial charge >= 0.3 is 0 Å². The summed E-state index contributed by atoms with van der Waals surface area (Å²) in [6, 6.07) is 7.93. The van der Waals surface area contributed by atoms with Gasteiger partial charge in [-0.2, -0.15) is 5.10 Å². The molecule has 22 heavy (non-hydrogen) atoms. The van der Waals surface area contributed by atoms with Gasteiger partial charge < -0.3 is 5.73 Å². The molecular formula is C14H9FN4O3. The molecule has 1 amide bonds. The molecule has 2 aromatic carbocycles. The predicted octanol–water partition coefficient (Wildman–Crippen LogP) is 2.17. The molecule has 0 aliphatic carbocycles. The predicted molar refractivity (Wildman–Crippen MR) is 76.2 cm³/mol. The maximum atomic E-state index is 13.5. The number of nitro groups is 1. The van der Waals surface area contributed by atoms with Crippen LogP contribution in [0, 0.1) is 15.9 Å². The minimum atomic E-state index is -0.779. The first-order valence-corrected chi connectivity index (χ1v) is 6.19. The Morgan fingerprint density at radius 3 is 2.55 bits per heavy atom. The van der Waals surface area contributed by atoms with E-state index in [0.29, 0.717) is 11.1 Å². The Kier molecular flexibility index (Phi) is 3.06. The van der Waals surface area contributed by atoms with Crippen LogP contribution in [0.3, 0.4) is 0 Å². The van der Waals surface area contributed by atoms with Crippen LogP contribution in [-0.4, -0.2) is 20.6 Å². The Hall–Kier alpha value is -3.29. The fourth-order valence-electron chi connectivity index (χ4n) is 2.15. The number of hydrogen-bond acceptors (Lipinski definition) is 4. The topological polar surface area (TPSA) is 104 Å². The van der Waals surface area contributed by atoms with Gasteiger partial charge in [0.25, 0.3) is 11.6 Å². The Labute approximate surface area is 122 Å². The average molecular weight is 300 g/mol. The number of non-ortho nitro benzene ring substituents is 1. The number of fused-ring (bicyclic) bond motifs is 1. The SMILES string of the molecule is NC(=O)c1cc(F)cc2cn(-c3ccc([N+](=O)[O-])cc3)nc12. The third kappa shape index (κ3) is 2.26. The highest BCUT2D eigenvalue weighted by Gasteiger charge is 2.14. The fourth-order valence-corrected chi connectivity index (χ4v) is 2.15. The van der Waals surface area contributed by atoms with Gasteiger partial charge in [0.1, 0.15) is 11.3 Å². The van der Waals surface area contributed by atoms with Gasteiger partial charge in [-0.15, -0.1) is 0 Å². The quantitative estimate of drug-likeness (QED) is 0.591. The lowest BCUT2D eigenvalue weighted by molar-refractivity contribution is -0.384. The Morgan fingerprint density at radius 1 is 1.27 bits per heavy atom. The van der Waals surface area contributed by atoms with Crippen LogP contribution in [0.25, 0.3) is 16.6 Å². The normalized spacial score (nSPS) is 10.8. The molecule has 0 spiro atoms. The van der Waals surface area contributed by atoms with Gasteiger partial charge in [0.2, 0.25) is 0 Å². The number of aromatic nitrogens is 2. The maximum absolute atomic E-state index is 13.5. The summed E-state index contributed by atoms with van der Waals surface area (Å²) in [6.45, 7) is 0. The summed E-state index contributed by atoms with van der Waals surface area (Å²) in [7, 11) is 0. The van der Waals surface area contributed by atoms with Gasteiger partial charge in [0, 0.05) is 23.7 Å². The van der Waals surface area contributed by atoms with Gasteiger partial charge in [-0.1, -0.05) is 0 Å². The average Bonchev–Trinajstić information content (AvgIpc) is 2.89. The minimum Gasteiger partial charge on any atom is -0.366 e. The Bertz CT molecular complexity index is 902. The molecule has 0 saturated carbocycles. The zero-order valence-corrected chi connectivity index (χ0v) is 11.1. The summed E-state index contributed by atoms with van der Waals surface area (Å²) in [5, 5.41) is 15.2. The first-order chi connectivity index (χ1) is 10.5. The van der Waals surface area contributed by atoms with Crippen LogP contribution in [0.2, 0.25) is 0 Å². The first kappa shape index (κ1) is 13.7. The van der Waals surface area contributed by atoms with Crippen molar-refractivity contribution in [1.82, 2.24) is 9.78 Å². The van der Waals surface area contributed by atoms with Crippen molar-refractivity contribution in [2.75, 3.05) is 0 Å². The third-order valence-electron chi connectivity index (χ3n) is 3.16. The summed E-state index contributed by atoms with van der Waals surface area (Å²) < 4.78 is 14.9. The van der Waals surface area contributed by atoms with Crippen molar-refractivity contribution < 1.29 is 14.1 Å². The van der Waals surface area contributed by atoms with Crippen LogP contribution in [0.4, 0.5) is 10.1 Å².